The van der Waals surface area contributed by atoms with Gasteiger partial charge in [-0.25, -0.2) is 4.79 Å². The average molecular weight is 331 g/mol. The highest BCUT2D eigenvalue weighted by Crippen LogP contribution is 2.17. The Morgan fingerprint density at radius 2 is 1.88 bits per heavy atom. The predicted molar refractivity (Wildman–Crippen MR) is 92.9 cm³/mol. The SMILES string of the molecule is CCCn1c(=O)n(CCC(=O)N2CCC(CO)C2)c2ccccc21. The number of carbonyl (C=O) groups is 1. The Hall–Kier alpha value is -2.08. The summed E-state index contributed by atoms with van der Waals surface area (Å²) in [5.41, 5.74) is 1.78. The molecule has 0 saturated carbocycles. The zero-order valence-corrected chi connectivity index (χ0v) is 14.1. The van der Waals surface area contributed by atoms with Crippen LogP contribution in [-0.4, -0.2) is 44.7 Å². The van der Waals surface area contributed by atoms with Crippen LogP contribution >= 0.6 is 0 Å². The van der Waals surface area contributed by atoms with Crippen molar-refractivity contribution in [1.29, 1.82) is 0 Å². The second kappa shape index (κ2) is 7.21. The molecule has 1 N–H and O–H groups in total. The van der Waals surface area contributed by atoms with E-state index in [1.165, 1.54) is 0 Å². The Labute approximate surface area is 141 Å². The van der Waals surface area contributed by atoms with Crippen molar-refractivity contribution < 1.29 is 9.90 Å². The summed E-state index contributed by atoms with van der Waals surface area (Å²) in [5, 5.41) is 9.20. The smallest absolute Gasteiger partial charge is 0.329 e. The molecule has 0 bridgehead atoms. The number of carbonyl (C=O) groups excluding carboxylic acids is 1. The number of imidazole rings is 1. The summed E-state index contributed by atoms with van der Waals surface area (Å²) in [6, 6.07) is 7.74. The molecule has 1 aliphatic heterocycles. The standard InChI is InChI=1S/C18H25N3O3/c1-2-9-20-15-5-3-4-6-16(15)21(18(20)24)11-8-17(23)19-10-7-14(12-19)13-22/h3-6,14,22H,2,7-13H2,1H3. The summed E-state index contributed by atoms with van der Waals surface area (Å²) in [6.45, 7) is 4.60. The van der Waals surface area contributed by atoms with Gasteiger partial charge < -0.3 is 10.0 Å². The molecule has 1 fully saturated rings. The van der Waals surface area contributed by atoms with Crippen molar-refractivity contribution in [2.24, 2.45) is 5.92 Å². The molecule has 1 aromatic carbocycles. The van der Waals surface area contributed by atoms with E-state index in [0.717, 1.165) is 23.9 Å². The minimum absolute atomic E-state index is 0.0412. The van der Waals surface area contributed by atoms with Gasteiger partial charge in [-0.15, -0.1) is 0 Å². The number of hydrogen-bond donors (Lipinski definition) is 1. The molecule has 1 aliphatic rings. The van der Waals surface area contributed by atoms with E-state index < -0.39 is 0 Å². The molecule has 1 unspecified atom stereocenters. The maximum Gasteiger partial charge on any atom is 0.329 e. The van der Waals surface area contributed by atoms with Crippen LogP contribution in [0.4, 0.5) is 0 Å². The monoisotopic (exact) mass is 331 g/mol. The van der Waals surface area contributed by atoms with Gasteiger partial charge in [-0.3, -0.25) is 13.9 Å². The van der Waals surface area contributed by atoms with Crippen molar-refractivity contribution in [3.05, 3.63) is 34.7 Å². The first-order valence-electron chi connectivity index (χ1n) is 8.72. The van der Waals surface area contributed by atoms with Gasteiger partial charge in [0, 0.05) is 45.1 Å². The molecule has 2 heterocycles. The van der Waals surface area contributed by atoms with Crippen LogP contribution in [0, 0.1) is 5.92 Å². The minimum Gasteiger partial charge on any atom is -0.396 e. The van der Waals surface area contributed by atoms with Crippen LogP contribution in [0.25, 0.3) is 11.0 Å². The lowest BCUT2D eigenvalue weighted by Crippen LogP contribution is -2.31. The molecule has 0 radical (unpaired) electrons. The van der Waals surface area contributed by atoms with E-state index in [9.17, 15) is 14.7 Å². The number of aryl methyl sites for hydroxylation is 2. The first kappa shape index (κ1) is 16.8. The first-order valence-corrected chi connectivity index (χ1v) is 8.72. The van der Waals surface area contributed by atoms with Crippen LogP contribution in [0.1, 0.15) is 26.2 Å². The molecule has 3 rings (SSSR count). The van der Waals surface area contributed by atoms with Crippen LogP contribution in [0.3, 0.4) is 0 Å². The van der Waals surface area contributed by atoms with Gasteiger partial charge >= 0.3 is 5.69 Å². The van der Waals surface area contributed by atoms with E-state index in [0.29, 0.717) is 32.6 Å². The number of nitrogens with zero attached hydrogens (tertiary/aromatic N) is 3. The fraction of sp³-hybridized carbons (Fsp3) is 0.556. The highest BCUT2D eigenvalue weighted by atomic mass is 16.3. The van der Waals surface area contributed by atoms with E-state index >= 15 is 0 Å². The molecule has 0 aliphatic carbocycles. The summed E-state index contributed by atoms with van der Waals surface area (Å²) in [4.78, 5) is 26.9. The summed E-state index contributed by atoms with van der Waals surface area (Å²) < 4.78 is 3.50. The maximum atomic E-state index is 12.7. The summed E-state index contributed by atoms with van der Waals surface area (Å²) >= 11 is 0. The lowest BCUT2D eigenvalue weighted by molar-refractivity contribution is -0.130. The average Bonchev–Trinajstić information content (AvgIpc) is 3.18. The second-order valence-corrected chi connectivity index (χ2v) is 6.50. The number of para-hydroxylation sites is 2. The lowest BCUT2D eigenvalue weighted by atomic mass is 10.1. The number of fused-ring (bicyclic) bond motifs is 1. The van der Waals surface area contributed by atoms with Gasteiger partial charge in [-0.05, 0) is 25.0 Å². The fourth-order valence-corrected chi connectivity index (χ4v) is 3.50. The molecule has 130 valence electrons. The Bertz CT molecular complexity index is 777. The van der Waals surface area contributed by atoms with Crippen LogP contribution in [0.15, 0.2) is 29.1 Å². The number of amides is 1. The summed E-state index contributed by atoms with van der Waals surface area (Å²) in [5.74, 6) is 0.258. The Morgan fingerprint density at radius 1 is 1.21 bits per heavy atom. The fourth-order valence-electron chi connectivity index (χ4n) is 3.50. The predicted octanol–water partition coefficient (Wildman–Crippen LogP) is 1.44. The highest BCUT2D eigenvalue weighted by Gasteiger charge is 2.25. The zero-order chi connectivity index (χ0) is 17.1. The Morgan fingerprint density at radius 3 is 2.46 bits per heavy atom. The second-order valence-electron chi connectivity index (χ2n) is 6.50. The van der Waals surface area contributed by atoms with E-state index in [4.69, 9.17) is 0 Å². The minimum atomic E-state index is -0.0412. The van der Waals surface area contributed by atoms with Gasteiger partial charge in [0.05, 0.1) is 11.0 Å². The number of aliphatic hydroxyl groups is 1. The van der Waals surface area contributed by atoms with Gasteiger partial charge in [0.1, 0.15) is 0 Å². The molecule has 6 nitrogen and oxygen atoms in total. The maximum absolute atomic E-state index is 12.7. The molecule has 6 heteroatoms. The van der Waals surface area contributed by atoms with Crippen LogP contribution in [0.5, 0.6) is 0 Å². The molecular formula is C18H25N3O3. The molecule has 1 saturated heterocycles. The van der Waals surface area contributed by atoms with Crippen LogP contribution in [-0.2, 0) is 17.9 Å². The lowest BCUT2D eigenvalue weighted by Gasteiger charge is -2.16. The number of aromatic nitrogens is 2. The van der Waals surface area contributed by atoms with Gasteiger partial charge in [-0.1, -0.05) is 19.1 Å². The molecular weight excluding hydrogens is 306 g/mol. The molecule has 0 spiro atoms. The van der Waals surface area contributed by atoms with Crippen molar-refractivity contribution in [1.82, 2.24) is 14.0 Å². The van der Waals surface area contributed by atoms with E-state index in [1.807, 2.05) is 31.2 Å². The Balaban J connectivity index is 1.77. The van der Waals surface area contributed by atoms with Gasteiger partial charge in [0.15, 0.2) is 0 Å². The summed E-state index contributed by atoms with van der Waals surface area (Å²) in [6.07, 6.45) is 2.07. The normalized spacial score (nSPS) is 17.8. The van der Waals surface area contributed by atoms with Crippen molar-refractivity contribution in [3.8, 4) is 0 Å². The van der Waals surface area contributed by atoms with Crippen molar-refractivity contribution in [2.75, 3.05) is 19.7 Å². The van der Waals surface area contributed by atoms with E-state index in [2.05, 4.69) is 0 Å². The number of benzene rings is 1. The highest BCUT2D eigenvalue weighted by molar-refractivity contribution is 5.78. The Kier molecular flexibility index (Phi) is 5.04. The largest absolute Gasteiger partial charge is 0.396 e. The third-order valence-corrected chi connectivity index (χ3v) is 4.82. The summed E-state index contributed by atoms with van der Waals surface area (Å²) in [7, 11) is 0. The van der Waals surface area contributed by atoms with Crippen molar-refractivity contribution in [3.63, 3.8) is 0 Å². The number of aliphatic hydroxyl groups excluding tert-OH is 1. The topological polar surface area (TPSA) is 67.5 Å². The van der Waals surface area contributed by atoms with Crippen molar-refractivity contribution in [2.45, 2.75) is 39.3 Å². The number of hydrogen-bond acceptors (Lipinski definition) is 3. The van der Waals surface area contributed by atoms with Crippen LogP contribution < -0.4 is 5.69 Å². The van der Waals surface area contributed by atoms with Crippen LogP contribution in [0.2, 0.25) is 0 Å². The molecule has 1 atom stereocenters. The molecule has 1 aromatic heterocycles. The quantitative estimate of drug-likeness (QED) is 0.871. The third-order valence-electron chi connectivity index (χ3n) is 4.82. The van der Waals surface area contributed by atoms with E-state index in [-0.39, 0.29) is 24.1 Å². The zero-order valence-electron chi connectivity index (χ0n) is 14.1. The van der Waals surface area contributed by atoms with Gasteiger partial charge in [-0.2, -0.15) is 0 Å². The first-order chi connectivity index (χ1) is 11.7. The molecule has 24 heavy (non-hydrogen) atoms. The van der Waals surface area contributed by atoms with Crippen molar-refractivity contribution >= 4 is 16.9 Å². The molecule has 2 aromatic rings. The number of rotatable bonds is 6. The van der Waals surface area contributed by atoms with Gasteiger partial charge in [0.2, 0.25) is 5.91 Å². The number of likely N-dealkylation sites (tertiary alicyclic amines) is 1. The van der Waals surface area contributed by atoms with Gasteiger partial charge in [0.25, 0.3) is 0 Å². The van der Waals surface area contributed by atoms with E-state index in [1.54, 1.807) is 14.0 Å². The molecule has 1 amide bonds. The third kappa shape index (κ3) is 3.11.